The van der Waals surface area contributed by atoms with Crippen molar-refractivity contribution in [3.63, 3.8) is 0 Å². The fraction of sp³-hybridized carbons (Fsp3) is 0.556. The molecule has 0 amide bonds. The minimum Gasteiger partial charge on any atom is -0.493 e. The molecule has 0 atom stereocenters. The molecule has 3 heterocycles. The molecule has 2 saturated heterocycles. The van der Waals surface area contributed by atoms with Crippen LogP contribution in [-0.4, -0.2) is 50.1 Å². The van der Waals surface area contributed by atoms with Gasteiger partial charge in [-0.3, -0.25) is 0 Å². The highest BCUT2D eigenvalue weighted by molar-refractivity contribution is 5.92. The Balaban J connectivity index is 0.00000196. The molecule has 2 aromatic rings. The average molecular weight is 383 g/mol. The van der Waals surface area contributed by atoms with Gasteiger partial charge in [0, 0.05) is 31.1 Å². The van der Waals surface area contributed by atoms with Crippen LogP contribution in [0.4, 0.5) is 10.2 Å². The molecule has 8 heteroatoms. The number of fused-ring (bicyclic) bond motifs is 1. The predicted molar refractivity (Wildman–Crippen MR) is 101 cm³/mol. The van der Waals surface area contributed by atoms with Crippen molar-refractivity contribution >= 4 is 29.1 Å². The second-order valence-electron chi connectivity index (χ2n) is 6.88. The quantitative estimate of drug-likeness (QED) is 0.877. The molecule has 6 nitrogen and oxygen atoms in total. The van der Waals surface area contributed by atoms with E-state index in [-0.39, 0.29) is 12.4 Å². The first kappa shape index (κ1) is 18.9. The van der Waals surface area contributed by atoms with E-state index in [1.165, 1.54) is 13.5 Å². The van der Waals surface area contributed by atoms with E-state index in [1.807, 2.05) is 0 Å². The van der Waals surface area contributed by atoms with E-state index >= 15 is 0 Å². The Kier molecular flexibility index (Phi) is 5.67. The van der Waals surface area contributed by atoms with Crippen molar-refractivity contribution in [1.29, 1.82) is 0 Å². The van der Waals surface area contributed by atoms with Gasteiger partial charge >= 0.3 is 0 Å². The molecule has 142 valence electrons. The summed E-state index contributed by atoms with van der Waals surface area (Å²) < 4.78 is 23.1. The monoisotopic (exact) mass is 382 g/mol. The highest BCUT2D eigenvalue weighted by Crippen LogP contribution is 2.40. The van der Waals surface area contributed by atoms with Gasteiger partial charge in [0.2, 0.25) is 6.86 Å². The number of alkyl halides is 1. The summed E-state index contributed by atoms with van der Waals surface area (Å²) in [6.07, 6.45) is 5.16. The van der Waals surface area contributed by atoms with E-state index in [1.54, 1.807) is 18.5 Å². The van der Waals surface area contributed by atoms with Crippen molar-refractivity contribution in [3.05, 3.63) is 18.5 Å². The Morgan fingerprint density at radius 2 is 2.00 bits per heavy atom. The smallest absolute Gasteiger partial charge is 0.228 e. The number of hydrogen-bond acceptors (Lipinski definition) is 6. The van der Waals surface area contributed by atoms with E-state index in [9.17, 15) is 4.39 Å². The summed E-state index contributed by atoms with van der Waals surface area (Å²) in [6.45, 7) is 3.29. The minimum absolute atomic E-state index is 0. The van der Waals surface area contributed by atoms with Crippen LogP contribution < -0.4 is 19.7 Å². The van der Waals surface area contributed by atoms with Crippen molar-refractivity contribution in [2.24, 2.45) is 5.41 Å². The topological polar surface area (TPSA) is 59.5 Å². The maximum Gasteiger partial charge on any atom is 0.228 e. The molecule has 4 rings (SSSR count). The summed E-state index contributed by atoms with van der Waals surface area (Å²) in [6, 6.07) is 3.56. The maximum absolute atomic E-state index is 12.7. The number of halogens is 2. The number of hydrogen-bond donors (Lipinski definition) is 1. The first-order valence-corrected chi connectivity index (χ1v) is 8.72. The van der Waals surface area contributed by atoms with Crippen molar-refractivity contribution in [1.82, 2.24) is 15.3 Å². The predicted octanol–water partition coefficient (Wildman–Crippen LogP) is 2.95. The standard InChI is InChI=1S/C18H23FN4O2.ClH/c1-24-15-9-14-13(8-16(15)25-11-19)17(22-12-21-14)23-6-3-18(4-7-23)2-5-20-10-18;/h8-9,12,20H,2-7,10-11H2,1H3;1H. The number of rotatable bonds is 4. The van der Waals surface area contributed by atoms with Gasteiger partial charge in [0.15, 0.2) is 11.5 Å². The van der Waals surface area contributed by atoms with Crippen LogP contribution in [0.25, 0.3) is 10.9 Å². The average Bonchev–Trinajstić information content (AvgIpc) is 3.10. The molecule has 2 aliphatic heterocycles. The highest BCUT2D eigenvalue weighted by Gasteiger charge is 2.37. The number of anilines is 1. The molecule has 2 aliphatic rings. The third kappa shape index (κ3) is 3.38. The zero-order valence-corrected chi connectivity index (χ0v) is 15.6. The van der Waals surface area contributed by atoms with Gasteiger partial charge in [-0.1, -0.05) is 0 Å². The Bertz CT molecular complexity index is 760. The number of nitrogens with one attached hydrogen (secondary N) is 1. The maximum atomic E-state index is 12.7. The summed E-state index contributed by atoms with van der Waals surface area (Å²) >= 11 is 0. The number of methoxy groups -OCH3 is 1. The Labute approximate surface area is 158 Å². The van der Waals surface area contributed by atoms with Gasteiger partial charge in [-0.25, -0.2) is 14.4 Å². The molecule has 0 saturated carbocycles. The molecule has 0 unspecified atom stereocenters. The van der Waals surface area contributed by atoms with Crippen LogP contribution in [0.15, 0.2) is 18.5 Å². The second-order valence-corrected chi connectivity index (χ2v) is 6.88. The van der Waals surface area contributed by atoms with Crippen molar-refractivity contribution in [2.45, 2.75) is 19.3 Å². The van der Waals surface area contributed by atoms with Gasteiger partial charge in [0.25, 0.3) is 0 Å². The molecule has 1 N–H and O–H groups in total. The fourth-order valence-electron chi connectivity index (χ4n) is 4.05. The summed E-state index contributed by atoms with van der Waals surface area (Å²) in [5.41, 5.74) is 1.22. The Hall–Kier alpha value is -1.86. The number of ether oxygens (including phenoxy) is 2. The summed E-state index contributed by atoms with van der Waals surface area (Å²) in [5.74, 6) is 1.74. The lowest BCUT2D eigenvalue weighted by atomic mass is 9.78. The van der Waals surface area contributed by atoms with Crippen LogP contribution in [0.1, 0.15) is 19.3 Å². The summed E-state index contributed by atoms with van der Waals surface area (Å²) in [4.78, 5) is 11.2. The van der Waals surface area contributed by atoms with Crippen LogP contribution in [0.5, 0.6) is 11.5 Å². The lowest BCUT2D eigenvalue weighted by Crippen LogP contribution is -2.41. The normalized spacial score (nSPS) is 18.8. The molecule has 0 bridgehead atoms. The first-order chi connectivity index (χ1) is 12.2. The van der Waals surface area contributed by atoms with Crippen LogP contribution >= 0.6 is 12.4 Å². The molecule has 26 heavy (non-hydrogen) atoms. The number of nitrogens with zero attached hydrogens (tertiary/aromatic N) is 3. The van der Waals surface area contributed by atoms with E-state index in [2.05, 4.69) is 20.2 Å². The van der Waals surface area contributed by atoms with Crippen molar-refractivity contribution < 1.29 is 13.9 Å². The van der Waals surface area contributed by atoms with Gasteiger partial charge in [0.1, 0.15) is 12.1 Å². The fourth-order valence-corrected chi connectivity index (χ4v) is 4.05. The zero-order valence-electron chi connectivity index (χ0n) is 14.8. The van der Waals surface area contributed by atoms with Gasteiger partial charge in [-0.15, -0.1) is 12.4 Å². The Morgan fingerprint density at radius 3 is 2.65 bits per heavy atom. The van der Waals surface area contributed by atoms with Crippen LogP contribution in [0.2, 0.25) is 0 Å². The minimum atomic E-state index is -0.899. The first-order valence-electron chi connectivity index (χ1n) is 8.72. The SMILES string of the molecule is COc1cc2ncnc(N3CCC4(CCNC4)CC3)c2cc1OCF.Cl. The third-order valence-electron chi connectivity index (χ3n) is 5.57. The van der Waals surface area contributed by atoms with Crippen LogP contribution in [-0.2, 0) is 0 Å². The van der Waals surface area contributed by atoms with Gasteiger partial charge in [-0.05, 0) is 37.3 Å². The van der Waals surface area contributed by atoms with E-state index in [0.717, 1.165) is 55.7 Å². The molecule has 0 aliphatic carbocycles. The highest BCUT2D eigenvalue weighted by atomic mass is 35.5. The van der Waals surface area contributed by atoms with Crippen LogP contribution in [0, 0.1) is 5.41 Å². The molecule has 2 fully saturated rings. The van der Waals surface area contributed by atoms with Gasteiger partial charge in [-0.2, -0.15) is 0 Å². The van der Waals surface area contributed by atoms with Gasteiger partial charge in [0.05, 0.1) is 12.6 Å². The van der Waals surface area contributed by atoms with Crippen molar-refractivity contribution in [3.8, 4) is 11.5 Å². The molecular weight excluding hydrogens is 359 g/mol. The summed E-state index contributed by atoms with van der Waals surface area (Å²) in [5, 5.41) is 4.36. The molecular formula is C18H24ClFN4O2. The molecule has 1 spiro atoms. The van der Waals surface area contributed by atoms with E-state index in [4.69, 9.17) is 9.47 Å². The largest absolute Gasteiger partial charge is 0.493 e. The van der Waals surface area contributed by atoms with Gasteiger partial charge < -0.3 is 19.7 Å². The van der Waals surface area contributed by atoms with Crippen molar-refractivity contribution in [2.75, 3.05) is 45.0 Å². The van der Waals surface area contributed by atoms with E-state index < -0.39 is 6.86 Å². The number of aromatic nitrogens is 2. The number of piperidine rings is 1. The summed E-state index contributed by atoms with van der Waals surface area (Å²) in [7, 11) is 1.54. The lowest BCUT2D eigenvalue weighted by Gasteiger charge is -2.39. The lowest BCUT2D eigenvalue weighted by molar-refractivity contribution is 0.185. The Morgan fingerprint density at radius 1 is 1.19 bits per heavy atom. The number of benzene rings is 1. The molecule has 0 radical (unpaired) electrons. The molecule has 1 aromatic heterocycles. The third-order valence-corrected chi connectivity index (χ3v) is 5.57. The van der Waals surface area contributed by atoms with E-state index in [0.29, 0.717) is 16.9 Å². The zero-order chi connectivity index (χ0) is 17.3. The molecule has 1 aromatic carbocycles. The second kappa shape index (κ2) is 7.80. The van der Waals surface area contributed by atoms with Crippen LogP contribution in [0.3, 0.4) is 0 Å².